The highest BCUT2D eigenvalue weighted by atomic mass is 35.5. The predicted molar refractivity (Wildman–Crippen MR) is 77.9 cm³/mol. The molecule has 0 atom stereocenters. The number of carbonyl (C=O) groups excluding carboxylic acids is 1. The van der Waals surface area contributed by atoms with Crippen molar-refractivity contribution in [3.05, 3.63) is 52.7 Å². The highest BCUT2D eigenvalue weighted by Crippen LogP contribution is 2.23. The molecule has 0 spiro atoms. The van der Waals surface area contributed by atoms with Crippen LogP contribution in [0.15, 0.2) is 36.5 Å². The lowest BCUT2D eigenvalue weighted by molar-refractivity contribution is 0.102. The Hall–Kier alpha value is -2.58. The van der Waals surface area contributed by atoms with Gasteiger partial charge in [0.1, 0.15) is 5.82 Å². The maximum Gasteiger partial charge on any atom is 0.257 e. The first kappa shape index (κ1) is 13.8. The van der Waals surface area contributed by atoms with E-state index in [2.05, 4.69) is 15.6 Å². The van der Waals surface area contributed by atoms with Gasteiger partial charge in [0, 0.05) is 13.2 Å². The number of amides is 1. The second kappa shape index (κ2) is 6.04. The molecule has 1 heterocycles. The lowest BCUT2D eigenvalue weighted by Crippen LogP contribution is -2.12. The zero-order chi connectivity index (χ0) is 14.5. The Morgan fingerprint density at radius 2 is 2.15 bits per heavy atom. The summed E-state index contributed by atoms with van der Waals surface area (Å²) in [4.78, 5) is 16.1. The van der Waals surface area contributed by atoms with Crippen molar-refractivity contribution in [2.75, 3.05) is 17.7 Å². The van der Waals surface area contributed by atoms with Crippen LogP contribution in [0.25, 0.3) is 0 Å². The molecule has 0 saturated heterocycles. The van der Waals surface area contributed by atoms with Crippen LogP contribution in [0.2, 0.25) is 5.02 Å². The molecule has 2 aromatic rings. The molecule has 5 nitrogen and oxygen atoms in total. The molecule has 20 heavy (non-hydrogen) atoms. The summed E-state index contributed by atoms with van der Waals surface area (Å²) < 4.78 is 0. The van der Waals surface area contributed by atoms with Gasteiger partial charge in [0.15, 0.2) is 0 Å². The van der Waals surface area contributed by atoms with Crippen LogP contribution < -0.4 is 10.6 Å². The normalized spacial score (nSPS) is 9.65. The Bertz CT molecular complexity index is 677. The van der Waals surface area contributed by atoms with E-state index >= 15 is 0 Å². The van der Waals surface area contributed by atoms with Crippen molar-refractivity contribution in [1.29, 1.82) is 5.26 Å². The zero-order valence-corrected chi connectivity index (χ0v) is 11.4. The van der Waals surface area contributed by atoms with E-state index < -0.39 is 0 Å². The topological polar surface area (TPSA) is 77.8 Å². The van der Waals surface area contributed by atoms with Gasteiger partial charge in [-0.15, -0.1) is 0 Å². The molecular weight excluding hydrogens is 276 g/mol. The number of nitriles is 1. The van der Waals surface area contributed by atoms with Crippen LogP contribution in [-0.4, -0.2) is 17.9 Å². The number of hydrogen-bond acceptors (Lipinski definition) is 4. The number of halogens is 1. The van der Waals surface area contributed by atoms with Gasteiger partial charge in [-0.05, 0) is 30.3 Å². The van der Waals surface area contributed by atoms with Gasteiger partial charge in [0.2, 0.25) is 0 Å². The summed E-state index contributed by atoms with van der Waals surface area (Å²) in [5, 5.41) is 14.7. The van der Waals surface area contributed by atoms with E-state index in [1.807, 2.05) is 6.07 Å². The van der Waals surface area contributed by atoms with Gasteiger partial charge in [-0.1, -0.05) is 11.6 Å². The number of carbonyl (C=O) groups is 1. The van der Waals surface area contributed by atoms with Crippen LogP contribution in [0.3, 0.4) is 0 Å². The predicted octanol–water partition coefficient (Wildman–Crippen LogP) is 2.90. The first-order valence-corrected chi connectivity index (χ1v) is 6.16. The summed E-state index contributed by atoms with van der Waals surface area (Å²) in [6, 6.07) is 10.0. The molecule has 1 amide bonds. The minimum absolute atomic E-state index is 0.336. The fourth-order valence-corrected chi connectivity index (χ4v) is 1.73. The third-order valence-corrected chi connectivity index (χ3v) is 2.96. The van der Waals surface area contributed by atoms with Gasteiger partial charge >= 0.3 is 0 Å². The molecule has 0 saturated carbocycles. The molecule has 0 bridgehead atoms. The summed E-state index contributed by atoms with van der Waals surface area (Å²) in [7, 11) is 1.75. The standard InChI is InChI=1S/C14H11ClN4O/c1-17-13-5-3-10(8-18-13)14(20)19-12-6-9(7-16)2-4-11(12)15/h2-6,8H,1H3,(H,17,18)(H,19,20). The maximum atomic E-state index is 12.1. The number of anilines is 2. The van der Waals surface area contributed by atoms with E-state index in [4.69, 9.17) is 16.9 Å². The number of nitrogens with one attached hydrogen (secondary N) is 2. The van der Waals surface area contributed by atoms with Crippen molar-refractivity contribution in [2.24, 2.45) is 0 Å². The van der Waals surface area contributed by atoms with Crippen molar-refractivity contribution in [2.45, 2.75) is 0 Å². The van der Waals surface area contributed by atoms with E-state index in [1.165, 1.54) is 12.3 Å². The summed E-state index contributed by atoms with van der Waals surface area (Å²) in [6.07, 6.45) is 1.46. The molecule has 0 unspecified atom stereocenters. The Morgan fingerprint density at radius 1 is 1.35 bits per heavy atom. The Morgan fingerprint density at radius 3 is 2.75 bits per heavy atom. The highest BCUT2D eigenvalue weighted by Gasteiger charge is 2.09. The Labute approximate surface area is 121 Å². The first-order valence-electron chi connectivity index (χ1n) is 5.79. The maximum absolute atomic E-state index is 12.1. The number of rotatable bonds is 3. The Kier molecular flexibility index (Phi) is 4.18. The molecule has 0 aliphatic rings. The largest absolute Gasteiger partial charge is 0.373 e. The fraction of sp³-hybridized carbons (Fsp3) is 0.0714. The van der Waals surface area contributed by atoms with Crippen LogP contribution in [0.5, 0.6) is 0 Å². The van der Waals surface area contributed by atoms with Crippen LogP contribution >= 0.6 is 11.6 Å². The van der Waals surface area contributed by atoms with Gasteiger partial charge in [-0.25, -0.2) is 4.98 Å². The zero-order valence-electron chi connectivity index (χ0n) is 10.6. The quantitative estimate of drug-likeness (QED) is 0.909. The van der Waals surface area contributed by atoms with E-state index in [-0.39, 0.29) is 5.91 Å². The lowest BCUT2D eigenvalue weighted by Gasteiger charge is -2.08. The van der Waals surface area contributed by atoms with Crippen molar-refractivity contribution in [1.82, 2.24) is 4.98 Å². The highest BCUT2D eigenvalue weighted by molar-refractivity contribution is 6.34. The second-order valence-corrected chi connectivity index (χ2v) is 4.35. The minimum atomic E-state index is -0.336. The molecule has 2 N–H and O–H groups in total. The molecule has 1 aromatic carbocycles. The van der Waals surface area contributed by atoms with Crippen LogP contribution in [0.4, 0.5) is 11.5 Å². The SMILES string of the molecule is CNc1ccc(C(=O)Nc2cc(C#N)ccc2Cl)cn1. The number of pyridine rings is 1. The van der Waals surface area contributed by atoms with Crippen LogP contribution in [-0.2, 0) is 0 Å². The average molecular weight is 287 g/mol. The van der Waals surface area contributed by atoms with Gasteiger partial charge < -0.3 is 10.6 Å². The van der Waals surface area contributed by atoms with Gasteiger partial charge in [-0.2, -0.15) is 5.26 Å². The average Bonchev–Trinajstić information content (AvgIpc) is 2.49. The van der Waals surface area contributed by atoms with Gasteiger partial charge in [-0.3, -0.25) is 4.79 Å². The van der Waals surface area contributed by atoms with Crippen LogP contribution in [0, 0.1) is 11.3 Å². The lowest BCUT2D eigenvalue weighted by atomic mass is 10.2. The van der Waals surface area contributed by atoms with Crippen molar-refractivity contribution in [3.63, 3.8) is 0 Å². The van der Waals surface area contributed by atoms with E-state index in [9.17, 15) is 4.79 Å². The molecule has 0 aliphatic heterocycles. The molecule has 1 aromatic heterocycles. The van der Waals surface area contributed by atoms with Crippen molar-refractivity contribution in [3.8, 4) is 6.07 Å². The molecule has 0 fully saturated rings. The molecule has 6 heteroatoms. The molecule has 100 valence electrons. The number of nitrogens with zero attached hydrogens (tertiary/aromatic N) is 2. The third kappa shape index (κ3) is 3.05. The molecule has 0 radical (unpaired) electrons. The fourth-order valence-electron chi connectivity index (χ4n) is 1.56. The Balaban J connectivity index is 2.20. The summed E-state index contributed by atoms with van der Waals surface area (Å²) in [5.74, 6) is 0.336. The van der Waals surface area contributed by atoms with E-state index in [0.29, 0.717) is 27.7 Å². The van der Waals surface area contributed by atoms with E-state index in [1.54, 1.807) is 31.3 Å². The molecular formula is C14H11ClN4O. The summed E-state index contributed by atoms with van der Waals surface area (Å²) >= 11 is 5.98. The number of hydrogen-bond donors (Lipinski definition) is 2. The molecule has 0 aliphatic carbocycles. The summed E-state index contributed by atoms with van der Waals surface area (Å²) in [5.41, 5.74) is 1.23. The number of aromatic nitrogens is 1. The third-order valence-electron chi connectivity index (χ3n) is 2.63. The van der Waals surface area contributed by atoms with Crippen molar-refractivity contribution >= 4 is 29.0 Å². The van der Waals surface area contributed by atoms with Crippen LogP contribution in [0.1, 0.15) is 15.9 Å². The molecule has 2 rings (SSSR count). The number of benzene rings is 1. The van der Waals surface area contributed by atoms with E-state index in [0.717, 1.165) is 0 Å². The van der Waals surface area contributed by atoms with Crippen molar-refractivity contribution < 1.29 is 4.79 Å². The monoisotopic (exact) mass is 286 g/mol. The van der Waals surface area contributed by atoms with Gasteiger partial charge in [0.05, 0.1) is 27.9 Å². The smallest absolute Gasteiger partial charge is 0.257 e. The van der Waals surface area contributed by atoms with Gasteiger partial charge in [0.25, 0.3) is 5.91 Å². The summed E-state index contributed by atoms with van der Waals surface area (Å²) in [6.45, 7) is 0. The second-order valence-electron chi connectivity index (χ2n) is 3.94. The first-order chi connectivity index (χ1) is 9.63. The minimum Gasteiger partial charge on any atom is -0.373 e.